The molecule has 4 aliphatic carbocycles. The molecule has 0 radical (unpaired) electrons. The molecule has 140 valence electrons. The minimum atomic E-state index is -3.63. The summed E-state index contributed by atoms with van der Waals surface area (Å²) < 4.78 is 34.5. The zero-order valence-corrected chi connectivity index (χ0v) is 15.6. The summed E-state index contributed by atoms with van der Waals surface area (Å²) in [5.41, 5.74) is 0.418. The van der Waals surface area contributed by atoms with Crippen molar-refractivity contribution < 1.29 is 17.9 Å². The van der Waals surface area contributed by atoms with Gasteiger partial charge in [0.15, 0.2) is 6.10 Å². The summed E-state index contributed by atoms with van der Waals surface area (Å²) in [6.07, 6.45) is 5.41. The largest absolute Gasteiger partial charge is 0.479 e. The number of hydrogen-bond donors (Lipinski definition) is 2. The van der Waals surface area contributed by atoms with Crippen molar-refractivity contribution in [3.63, 3.8) is 0 Å². The standard InChI is InChI=1S/C19H24N2O4S/c1-10-19(22)20-16-9-15(2-3-17(16)25-10)26(23,24)21-18-13-5-11-4-12(7-13)8-14(18)6-11/h2-3,9-14,18,21H,4-8H2,1H3,(H,20,22)/t10-,11?,12?,13?,14?,18?/m0/s1. The Morgan fingerprint density at radius 3 is 2.38 bits per heavy atom. The normalized spacial score (nSPS) is 37.8. The summed E-state index contributed by atoms with van der Waals surface area (Å²) in [6, 6.07) is 4.73. The third-order valence-corrected chi connectivity index (χ3v) is 8.17. The van der Waals surface area contributed by atoms with Gasteiger partial charge in [0.25, 0.3) is 5.91 Å². The van der Waals surface area contributed by atoms with Gasteiger partial charge < -0.3 is 10.1 Å². The molecular formula is C19H24N2O4S. The van der Waals surface area contributed by atoms with E-state index < -0.39 is 16.1 Å². The second kappa shape index (κ2) is 5.70. The highest BCUT2D eigenvalue weighted by atomic mass is 32.2. The van der Waals surface area contributed by atoms with Gasteiger partial charge in [-0.1, -0.05) is 0 Å². The molecular weight excluding hydrogens is 352 g/mol. The molecule has 1 aliphatic heterocycles. The molecule has 1 heterocycles. The fourth-order valence-electron chi connectivity index (χ4n) is 5.72. The molecule has 6 rings (SSSR count). The number of carbonyl (C=O) groups excluding carboxylic acids is 1. The molecule has 0 unspecified atom stereocenters. The average Bonchev–Trinajstić information content (AvgIpc) is 2.58. The van der Waals surface area contributed by atoms with Crippen molar-refractivity contribution in [3.8, 4) is 5.75 Å². The van der Waals surface area contributed by atoms with Gasteiger partial charge in [0.05, 0.1) is 10.6 Å². The Bertz CT molecular complexity index is 838. The van der Waals surface area contributed by atoms with E-state index in [4.69, 9.17) is 4.74 Å². The number of hydrogen-bond acceptors (Lipinski definition) is 4. The predicted octanol–water partition coefficient (Wildman–Crippen LogP) is 2.51. The van der Waals surface area contributed by atoms with Gasteiger partial charge in [0, 0.05) is 6.04 Å². The second-order valence-corrected chi connectivity index (χ2v) is 10.2. The number of fused-ring (bicyclic) bond motifs is 1. The fourth-order valence-corrected chi connectivity index (χ4v) is 7.12. The minimum Gasteiger partial charge on any atom is -0.479 e. The van der Waals surface area contributed by atoms with E-state index in [2.05, 4.69) is 10.0 Å². The Hall–Kier alpha value is -1.60. The van der Waals surface area contributed by atoms with Crippen molar-refractivity contribution in [2.24, 2.45) is 23.7 Å². The number of amides is 1. The van der Waals surface area contributed by atoms with Crippen molar-refractivity contribution in [1.82, 2.24) is 4.72 Å². The first-order valence-corrected chi connectivity index (χ1v) is 11.0. The highest BCUT2D eigenvalue weighted by Crippen LogP contribution is 2.54. The van der Waals surface area contributed by atoms with E-state index >= 15 is 0 Å². The molecule has 0 aromatic heterocycles. The molecule has 2 N–H and O–H groups in total. The summed E-state index contributed by atoms with van der Waals surface area (Å²) in [5, 5.41) is 2.72. The van der Waals surface area contributed by atoms with Gasteiger partial charge in [-0.2, -0.15) is 0 Å². The highest BCUT2D eigenvalue weighted by molar-refractivity contribution is 7.89. The van der Waals surface area contributed by atoms with Gasteiger partial charge in [0.1, 0.15) is 5.75 Å². The molecule has 4 fully saturated rings. The van der Waals surface area contributed by atoms with Gasteiger partial charge in [-0.25, -0.2) is 13.1 Å². The van der Waals surface area contributed by atoms with Gasteiger partial charge in [0.2, 0.25) is 10.0 Å². The quantitative estimate of drug-likeness (QED) is 0.849. The fraction of sp³-hybridized carbons (Fsp3) is 0.632. The first-order valence-electron chi connectivity index (χ1n) is 9.53. The molecule has 4 bridgehead atoms. The molecule has 1 atom stereocenters. The van der Waals surface area contributed by atoms with Crippen molar-refractivity contribution >= 4 is 21.6 Å². The van der Waals surface area contributed by atoms with Crippen LogP contribution in [0.25, 0.3) is 0 Å². The van der Waals surface area contributed by atoms with E-state index in [1.54, 1.807) is 19.1 Å². The van der Waals surface area contributed by atoms with Crippen molar-refractivity contribution in [3.05, 3.63) is 18.2 Å². The SMILES string of the molecule is C[C@@H]1Oc2ccc(S(=O)(=O)NC3C4CC5CC(C4)CC3C5)cc2NC1=O. The minimum absolute atomic E-state index is 0.0506. The van der Waals surface area contributed by atoms with E-state index in [1.165, 1.54) is 12.5 Å². The molecule has 1 aromatic carbocycles. The average molecular weight is 376 g/mol. The van der Waals surface area contributed by atoms with Crippen LogP contribution in [0.5, 0.6) is 5.75 Å². The highest BCUT2D eigenvalue weighted by Gasteiger charge is 2.49. The number of benzene rings is 1. The van der Waals surface area contributed by atoms with Gasteiger partial charge in [-0.05, 0) is 80.9 Å². The third kappa shape index (κ3) is 2.63. The lowest BCUT2D eigenvalue weighted by atomic mass is 9.54. The van der Waals surface area contributed by atoms with Crippen molar-refractivity contribution in [1.29, 1.82) is 0 Å². The lowest BCUT2D eigenvalue weighted by Gasteiger charge is -2.54. The second-order valence-electron chi connectivity index (χ2n) is 8.49. The molecule has 0 spiro atoms. The maximum Gasteiger partial charge on any atom is 0.265 e. The van der Waals surface area contributed by atoms with E-state index in [0.29, 0.717) is 23.3 Å². The number of rotatable bonds is 3. The Balaban J connectivity index is 1.40. The molecule has 7 heteroatoms. The predicted molar refractivity (Wildman–Crippen MR) is 96.3 cm³/mol. The molecule has 4 saturated carbocycles. The first kappa shape index (κ1) is 16.6. The van der Waals surface area contributed by atoms with Crippen molar-refractivity contribution in [2.75, 3.05) is 5.32 Å². The Kier molecular flexibility index (Phi) is 3.63. The number of anilines is 1. The lowest BCUT2D eigenvalue weighted by Crippen LogP contribution is -2.55. The number of sulfonamides is 1. The molecule has 1 aromatic rings. The van der Waals surface area contributed by atoms with Gasteiger partial charge in [-0.15, -0.1) is 0 Å². The smallest absolute Gasteiger partial charge is 0.265 e. The van der Waals surface area contributed by atoms with Crippen LogP contribution < -0.4 is 14.8 Å². The van der Waals surface area contributed by atoms with E-state index in [1.807, 2.05) is 0 Å². The first-order chi connectivity index (χ1) is 12.4. The summed E-state index contributed by atoms with van der Waals surface area (Å²) in [7, 11) is -3.63. The van der Waals surface area contributed by atoms with Crippen LogP contribution in [-0.2, 0) is 14.8 Å². The maximum atomic E-state index is 13.0. The van der Waals surface area contributed by atoms with Crippen LogP contribution in [0.1, 0.15) is 39.0 Å². The van der Waals surface area contributed by atoms with Crippen LogP contribution in [0, 0.1) is 23.7 Å². The summed E-state index contributed by atoms with van der Waals surface area (Å²) in [5.74, 6) is 2.80. The van der Waals surface area contributed by atoms with Crippen molar-refractivity contribution in [2.45, 2.75) is 56.1 Å². The number of nitrogens with one attached hydrogen (secondary N) is 2. The number of carbonyl (C=O) groups is 1. The third-order valence-electron chi connectivity index (χ3n) is 6.71. The molecule has 5 aliphatic rings. The zero-order chi connectivity index (χ0) is 18.1. The van der Waals surface area contributed by atoms with E-state index in [-0.39, 0.29) is 16.8 Å². The van der Waals surface area contributed by atoms with Gasteiger partial charge >= 0.3 is 0 Å². The molecule has 1 amide bonds. The summed E-state index contributed by atoms with van der Waals surface area (Å²) in [4.78, 5) is 12.0. The summed E-state index contributed by atoms with van der Waals surface area (Å²) in [6.45, 7) is 1.66. The van der Waals surface area contributed by atoms with Crippen LogP contribution in [-0.4, -0.2) is 26.5 Å². The van der Waals surface area contributed by atoms with Crippen LogP contribution in [0.4, 0.5) is 5.69 Å². The molecule has 0 saturated heterocycles. The Morgan fingerprint density at radius 2 is 1.73 bits per heavy atom. The van der Waals surface area contributed by atoms with Crippen LogP contribution in [0.2, 0.25) is 0 Å². The molecule has 26 heavy (non-hydrogen) atoms. The monoisotopic (exact) mass is 376 g/mol. The molecule has 6 nitrogen and oxygen atoms in total. The maximum absolute atomic E-state index is 13.0. The van der Waals surface area contributed by atoms with Gasteiger partial charge in [-0.3, -0.25) is 4.79 Å². The van der Waals surface area contributed by atoms with Crippen LogP contribution in [0.3, 0.4) is 0 Å². The zero-order valence-electron chi connectivity index (χ0n) is 14.8. The topological polar surface area (TPSA) is 84.5 Å². The Labute approximate surface area is 153 Å². The van der Waals surface area contributed by atoms with E-state index in [0.717, 1.165) is 37.5 Å². The lowest BCUT2D eigenvalue weighted by molar-refractivity contribution is -0.122. The number of ether oxygens (including phenoxy) is 1. The van der Waals surface area contributed by atoms with E-state index in [9.17, 15) is 13.2 Å². The van der Waals surface area contributed by atoms with Crippen LogP contribution in [0.15, 0.2) is 23.1 Å². The van der Waals surface area contributed by atoms with Crippen LogP contribution >= 0.6 is 0 Å². The summed E-state index contributed by atoms with van der Waals surface area (Å²) >= 11 is 0. The Morgan fingerprint density at radius 1 is 1.08 bits per heavy atom.